The third-order valence-corrected chi connectivity index (χ3v) is 4.79. The van der Waals surface area contributed by atoms with E-state index in [1.807, 2.05) is 24.3 Å². The first-order valence-corrected chi connectivity index (χ1v) is 11.3. The lowest BCUT2D eigenvalue weighted by atomic mass is 9.94. The van der Waals surface area contributed by atoms with Crippen molar-refractivity contribution >= 4 is 17.8 Å². The zero-order chi connectivity index (χ0) is 23.1. The van der Waals surface area contributed by atoms with Crippen molar-refractivity contribution in [2.24, 2.45) is 5.92 Å². The van der Waals surface area contributed by atoms with Crippen LogP contribution >= 0.6 is 0 Å². The molecule has 0 fully saturated rings. The van der Waals surface area contributed by atoms with Crippen molar-refractivity contribution in [2.75, 3.05) is 19.8 Å². The summed E-state index contributed by atoms with van der Waals surface area (Å²) in [4.78, 5) is 36.4. The first kappa shape index (κ1) is 26.5. The van der Waals surface area contributed by atoms with Crippen LogP contribution in [-0.2, 0) is 23.9 Å². The quantitative estimate of drug-likeness (QED) is 0.250. The SMILES string of the molecule is CCCCCCCOc1ccc(C(CC(C(=O)OCC)C(=O)OCC)NC(C)=O)cc1. The van der Waals surface area contributed by atoms with Gasteiger partial charge in [0.2, 0.25) is 5.91 Å². The van der Waals surface area contributed by atoms with Gasteiger partial charge in [0.1, 0.15) is 5.75 Å². The maximum absolute atomic E-state index is 12.3. The van der Waals surface area contributed by atoms with Gasteiger partial charge in [-0.2, -0.15) is 0 Å². The average molecular weight is 436 g/mol. The monoisotopic (exact) mass is 435 g/mol. The summed E-state index contributed by atoms with van der Waals surface area (Å²) in [6.07, 6.45) is 5.90. The smallest absolute Gasteiger partial charge is 0.320 e. The molecule has 31 heavy (non-hydrogen) atoms. The van der Waals surface area contributed by atoms with Gasteiger partial charge in [0, 0.05) is 6.92 Å². The van der Waals surface area contributed by atoms with Crippen molar-refractivity contribution in [2.45, 2.75) is 72.3 Å². The Morgan fingerprint density at radius 2 is 1.45 bits per heavy atom. The number of unbranched alkanes of at least 4 members (excludes halogenated alkanes) is 4. The van der Waals surface area contributed by atoms with Crippen molar-refractivity contribution in [1.82, 2.24) is 5.32 Å². The molecule has 7 nitrogen and oxygen atoms in total. The molecule has 7 heteroatoms. The maximum atomic E-state index is 12.3. The highest BCUT2D eigenvalue weighted by Crippen LogP contribution is 2.26. The zero-order valence-electron chi connectivity index (χ0n) is 19.3. The molecule has 1 atom stereocenters. The van der Waals surface area contributed by atoms with E-state index in [9.17, 15) is 14.4 Å². The molecule has 0 aliphatic heterocycles. The maximum Gasteiger partial charge on any atom is 0.320 e. The molecular weight excluding hydrogens is 398 g/mol. The van der Waals surface area contributed by atoms with Crippen LogP contribution in [0.4, 0.5) is 0 Å². The second kappa shape index (κ2) is 15.3. The van der Waals surface area contributed by atoms with Crippen molar-refractivity contribution < 1.29 is 28.6 Å². The fourth-order valence-corrected chi connectivity index (χ4v) is 3.23. The first-order valence-electron chi connectivity index (χ1n) is 11.3. The summed E-state index contributed by atoms with van der Waals surface area (Å²) in [5, 5.41) is 2.82. The Kier molecular flexibility index (Phi) is 13.0. The van der Waals surface area contributed by atoms with E-state index in [2.05, 4.69) is 12.2 Å². The topological polar surface area (TPSA) is 90.9 Å². The summed E-state index contributed by atoms with van der Waals surface area (Å²) in [6.45, 7) is 7.91. The third kappa shape index (κ3) is 10.3. The number of hydrogen-bond donors (Lipinski definition) is 1. The van der Waals surface area contributed by atoms with Gasteiger partial charge in [-0.15, -0.1) is 0 Å². The van der Waals surface area contributed by atoms with Gasteiger partial charge in [0.05, 0.1) is 25.9 Å². The van der Waals surface area contributed by atoms with Crippen molar-refractivity contribution in [3.63, 3.8) is 0 Å². The minimum Gasteiger partial charge on any atom is -0.494 e. The molecular formula is C24H37NO6. The van der Waals surface area contributed by atoms with Crippen LogP contribution in [0, 0.1) is 5.92 Å². The van der Waals surface area contributed by atoms with Crippen LogP contribution in [0.1, 0.15) is 77.8 Å². The number of esters is 2. The number of ether oxygens (including phenoxy) is 3. The van der Waals surface area contributed by atoms with Crippen molar-refractivity contribution in [3.05, 3.63) is 29.8 Å². The Morgan fingerprint density at radius 3 is 1.97 bits per heavy atom. The summed E-state index contributed by atoms with van der Waals surface area (Å²) in [5.41, 5.74) is 0.768. The molecule has 0 aliphatic carbocycles. The van der Waals surface area contributed by atoms with Crippen LogP contribution in [0.5, 0.6) is 5.75 Å². The van der Waals surface area contributed by atoms with Crippen LogP contribution in [0.3, 0.4) is 0 Å². The summed E-state index contributed by atoms with van der Waals surface area (Å²) in [7, 11) is 0. The highest BCUT2D eigenvalue weighted by molar-refractivity contribution is 5.95. The highest BCUT2D eigenvalue weighted by atomic mass is 16.6. The van der Waals surface area contributed by atoms with E-state index in [0.717, 1.165) is 24.2 Å². The number of amides is 1. The molecule has 174 valence electrons. The van der Waals surface area contributed by atoms with Gasteiger partial charge < -0.3 is 19.5 Å². The van der Waals surface area contributed by atoms with E-state index in [1.54, 1.807) is 13.8 Å². The van der Waals surface area contributed by atoms with Crippen molar-refractivity contribution in [3.8, 4) is 5.75 Å². The molecule has 1 aromatic carbocycles. The second-order valence-electron chi connectivity index (χ2n) is 7.38. The highest BCUT2D eigenvalue weighted by Gasteiger charge is 2.33. The molecule has 0 aromatic heterocycles. The Labute approximate surface area is 185 Å². The molecule has 0 saturated carbocycles. The van der Waals surface area contributed by atoms with E-state index in [1.165, 1.54) is 26.2 Å². The van der Waals surface area contributed by atoms with Gasteiger partial charge in [0.25, 0.3) is 0 Å². The Bertz CT molecular complexity index is 655. The molecule has 1 rings (SSSR count). The molecule has 1 amide bonds. The van der Waals surface area contributed by atoms with Gasteiger partial charge in [-0.3, -0.25) is 14.4 Å². The summed E-state index contributed by atoms with van der Waals surface area (Å²) in [6, 6.07) is 6.79. The van der Waals surface area contributed by atoms with Gasteiger partial charge in [-0.05, 0) is 44.4 Å². The zero-order valence-corrected chi connectivity index (χ0v) is 19.3. The number of hydrogen-bond acceptors (Lipinski definition) is 6. The molecule has 0 aliphatic rings. The summed E-state index contributed by atoms with van der Waals surface area (Å²) in [5.74, 6) is -1.94. The fraction of sp³-hybridized carbons (Fsp3) is 0.625. The minimum absolute atomic E-state index is 0.0505. The van der Waals surface area contributed by atoms with Crippen LogP contribution in [-0.4, -0.2) is 37.7 Å². The standard InChI is InChI=1S/C24H37NO6/c1-5-8-9-10-11-16-31-20-14-12-19(13-15-20)22(25-18(4)26)17-21(23(27)29-6-2)24(28)30-7-3/h12-15,21-22H,5-11,16-17H2,1-4H3,(H,25,26). The van der Waals surface area contributed by atoms with E-state index < -0.39 is 23.9 Å². The molecule has 1 unspecified atom stereocenters. The summed E-state index contributed by atoms with van der Waals surface area (Å²) >= 11 is 0. The minimum atomic E-state index is -1.12. The number of nitrogens with one attached hydrogen (secondary N) is 1. The van der Waals surface area contributed by atoms with E-state index >= 15 is 0 Å². The number of carbonyl (C=O) groups excluding carboxylic acids is 3. The Balaban J connectivity index is 2.83. The van der Waals surface area contributed by atoms with Crippen LogP contribution in [0.15, 0.2) is 24.3 Å². The lowest BCUT2D eigenvalue weighted by molar-refractivity contribution is -0.162. The molecule has 0 saturated heterocycles. The Hall–Kier alpha value is -2.57. The molecule has 0 bridgehead atoms. The lowest BCUT2D eigenvalue weighted by Gasteiger charge is -2.23. The largest absolute Gasteiger partial charge is 0.494 e. The molecule has 1 aromatic rings. The molecule has 0 heterocycles. The molecule has 1 N–H and O–H groups in total. The molecule has 0 spiro atoms. The number of benzene rings is 1. The first-order chi connectivity index (χ1) is 14.9. The number of rotatable bonds is 15. The predicted octanol–water partition coefficient (Wildman–Crippen LogP) is 4.35. The van der Waals surface area contributed by atoms with Gasteiger partial charge >= 0.3 is 11.9 Å². The Morgan fingerprint density at radius 1 is 0.871 bits per heavy atom. The van der Waals surface area contributed by atoms with E-state index in [0.29, 0.717) is 6.61 Å². The van der Waals surface area contributed by atoms with Gasteiger partial charge in [-0.25, -0.2) is 0 Å². The molecule has 0 radical (unpaired) electrons. The normalized spacial score (nSPS) is 11.6. The number of carbonyl (C=O) groups is 3. The fourth-order valence-electron chi connectivity index (χ4n) is 3.23. The van der Waals surface area contributed by atoms with Crippen LogP contribution in [0.2, 0.25) is 0 Å². The second-order valence-corrected chi connectivity index (χ2v) is 7.38. The average Bonchev–Trinajstić information content (AvgIpc) is 2.74. The lowest BCUT2D eigenvalue weighted by Crippen LogP contribution is -2.34. The van der Waals surface area contributed by atoms with Gasteiger partial charge in [-0.1, -0.05) is 44.7 Å². The predicted molar refractivity (Wildman–Crippen MR) is 119 cm³/mol. The van der Waals surface area contributed by atoms with Crippen LogP contribution < -0.4 is 10.1 Å². The van der Waals surface area contributed by atoms with Crippen molar-refractivity contribution in [1.29, 1.82) is 0 Å². The van der Waals surface area contributed by atoms with Crippen LogP contribution in [0.25, 0.3) is 0 Å². The van der Waals surface area contributed by atoms with Gasteiger partial charge in [0.15, 0.2) is 5.92 Å². The summed E-state index contributed by atoms with van der Waals surface area (Å²) < 4.78 is 15.9. The third-order valence-electron chi connectivity index (χ3n) is 4.79. The van der Waals surface area contributed by atoms with E-state index in [-0.39, 0.29) is 25.5 Å². The van der Waals surface area contributed by atoms with E-state index in [4.69, 9.17) is 14.2 Å².